The molecule has 0 atom stereocenters. The monoisotopic (exact) mass is 389 g/mol. The number of carbonyl (C=O) groups is 2. The number of hydrogen-bond donors (Lipinski definition) is 2. The Bertz CT molecular complexity index is 992. The van der Waals surface area contributed by atoms with Gasteiger partial charge in [-0.05, 0) is 68.3 Å². The Morgan fingerprint density at radius 2 is 1.59 bits per heavy atom. The molecule has 2 N–H and O–H groups in total. The second-order valence-electron chi connectivity index (χ2n) is 6.58. The third kappa shape index (κ3) is 4.99. The summed E-state index contributed by atoms with van der Waals surface area (Å²) in [5.41, 5.74) is 5.17. The third-order valence-corrected chi connectivity index (χ3v) is 4.40. The van der Waals surface area contributed by atoms with Crippen molar-refractivity contribution in [3.8, 4) is 0 Å². The summed E-state index contributed by atoms with van der Waals surface area (Å²) in [7, 11) is 0. The lowest BCUT2D eigenvalue weighted by Gasteiger charge is -2.11. The van der Waals surface area contributed by atoms with Crippen LogP contribution in [0.5, 0.6) is 0 Å². The van der Waals surface area contributed by atoms with E-state index in [0.717, 1.165) is 28.2 Å². The molecule has 0 radical (unpaired) electrons. The van der Waals surface area contributed by atoms with Gasteiger partial charge in [0.05, 0.1) is 24.1 Å². The summed E-state index contributed by atoms with van der Waals surface area (Å²) in [5.74, 6) is -0.604. The second-order valence-corrected chi connectivity index (χ2v) is 6.58. The van der Waals surface area contributed by atoms with Crippen molar-refractivity contribution in [3.05, 3.63) is 83.2 Å². The van der Waals surface area contributed by atoms with Gasteiger partial charge in [-0.25, -0.2) is 9.78 Å². The molecule has 1 amide bonds. The lowest BCUT2D eigenvalue weighted by molar-refractivity contribution is 0.0526. The van der Waals surface area contributed by atoms with E-state index in [1.165, 1.54) is 0 Å². The average Bonchev–Trinajstić information content (AvgIpc) is 2.72. The van der Waals surface area contributed by atoms with E-state index in [4.69, 9.17) is 4.74 Å². The highest BCUT2D eigenvalue weighted by molar-refractivity contribution is 6.03. The number of aryl methyl sites for hydroxylation is 2. The number of hydrogen-bond acceptors (Lipinski definition) is 5. The van der Waals surface area contributed by atoms with Crippen molar-refractivity contribution in [2.24, 2.45) is 0 Å². The molecule has 0 aliphatic rings. The summed E-state index contributed by atoms with van der Waals surface area (Å²) in [6.45, 7) is 6.02. The number of benzene rings is 2. The van der Waals surface area contributed by atoms with Gasteiger partial charge in [0.2, 0.25) is 0 Å². The van der Waals surface area contributed by atoms with Crippen LogP contribution in [0.4, 0.5) is 17.1 Å². The summed E-state index contributed by atoms with van der Waals surface area (Å²) in [6, 6.07) is 16.3. The Morgan fingerprint density at radius 3 is 2.17 bits per heavy atom. The van der Waals surface area contributed by atoms with E-state index in [-0.39, 0.29) is 11.9 Å². The molecule has 0 bridgehead atoms. The first-order valence-corrected chi connectivity index (χ1v) is 9.35. The van der Waals surface area contributed by atoms with Gasteiger partial charge in [-0.2, -0.15) is 0 Å². The number of aromatic nitrogens is 1. The molecule has 0 saturated carbocycles. The number of nitrogens with zero attached hydrogens (tertiary/aromatic N) is 1. The molecule has 0 fully saturated rings. The molecule has 0 aliphatic carbocycles. The van der Waals surface area contributed by atoms with E-state index in [0.29, 0.717) is 17.9 Å². The van der Waals surface area contributed by atoms with Gasteiger partial charge in [0, 0.05) is 11.4 Å². The summed E-state index contributed by atoms with van der Waals surface area (Å²) >= 11 is 0. The molecular weight excluding hydrogens is 366 g/mol. The van der Waals surface area contributed by atoms with Crippen LogP contribution in [0.2, 0.25) is 0 Å². The van der Waals surface area contributed by atoms with Gasteiger partial charge >= 0.3 is 5.97 Å². The minimum absolute atomic E-state index is 0.257. The van der Waals surface area contributed by atoms with Crippen molar-refractivity contribution in [1.29, 1.82) is 0 Å². The van der Waals surface area contributed by atoms with E-state index >= 15 is 0 Å². The molecule has 6 nitrogen and oxygen atoms in total. The van der Waals surface area contributed by atoms with Crippen LogP contribution in [0.15, 0.2) is 60.8 Å². The van der Waals surface area contributed by atoms with Crippen molar-refractivity contribution >= 4 is 28.9 Å². The van der Waals surface area contributed by atoms with E-state index in [1.807, 2.05) is 32.0 Å². The Labute approximate surface area is 169 Å². The molecule has 148 valence electrons. The lowest BCUT2D eigenvalue weighted by atomic mass is 10.1. The van der Waals surface area contributed by atoms with Gasteiger partial charge in [-0.1, -0.05) is 18.2 Å². The fourth-order valence-corrected chi connectivity index (χ4v) is 2.86. The molecule has 3 aromatic rings. The van der Waals surface area contributed by atoms with Gasteiger partial charge in [0.1, 0.15) is 5.69 Å². The van der Waals surface area contributed by atoms with Crippen molar-refractivity contribution in [1.82, 2.24) is 4.98 Å². The van der Waals surface area contributed by atoms with Crippen LogP contribution in [0.1, 0.15) is 38.9 Å². The molecule has 29 heavy (non-hydrogen) atoms. The van der Waals surface area contributed by atoms with Crippen LogP contribution < -0.4 is 10.6 Å². The smallest absolute Gasteiger partial charge is 0.338 e. The Kier molecular flexibility index (Phi) is 6.24. The predicted octanol–water partition coefficient (Wildman–Crippen LogP) is 4.87. The van der Waals surface area contributed by atoms with Crippen molar-refractivity contribution in [3.63, 3.8) is 0 Å². The third-order valence-electron chi connectivity index (χ3n) is 4.40. The summed E-state index contributed by atoms with van der Waals surface area (Å²) in [4.78, 5) is 28.5. The largest absolute Gasteiger partial charge is 0.462 e. The number of esters is 1. The van der Waals surface area contributed by atoms with Crippen LogP contribution >= 0.6 is 0 Å². The van der Waals surface area contributed by atoms with Gasteiger partial charge < -0.3 is 15.4 Å². The van der Waals surface area contributed by atoms with E-state index in [2.05, 4.69) is 15.6 Å². The first-order chi connectivity index (χ1) is 14.0. The second kappa shape index (κ2) is 9.01. The number of rotatable bonds is 6. The lowest BCUT2D eigenvalue weighted by Crippen LogP contribution is -2.15. The molecule has 1 aromatic heterocycles. The van der Waals surface area contributed by atoms with Crippen LogP contribution in [-0.2, 0) is 4.74 Å². The van der Waals surface area contributed by atoms with Gasteiger partial charge in [-0.3, -0.25) is 4.79 Å². The number of pyridine rings is 1. The summed E-state index contributed by atoms with van der Waals surface area (Å²) in [6.07, 6.45) is 1.60. The molecule has 6 heteroatoms. The minimum atomic E-state index is -0.347. The molecule has 2 aromatic carbocycles. The van der Waals surface area contributed by atoms with E-state index < -0.39 is 0 Å². The highest BCUT2D eigenvalue weighted by Gasteiger charge is 2.11. The van der Waals surface area contributed by atoms with Crippen molar-refractivity contribution in [2.75, 3.05) is 17.2 Å². The number of anilines is 3. The van der Waals surface area contributed by atoms with E-state index in [1.54, 1.807) is 49.5 Å². The van der Waals surface area contributed by atoms with Gasteiger partial charge in [-0.15, -0.1) is 0 Å². The average molecular weight is 389 g/mol. The number of carbonyl (C=O) groups excluding carboxylic acids is 2. The number of amides is 1. The topological polar surface area (TPSA) is 80.3 Å². The van der Waals surface area contributed by atoms with Gasteiger partial charge in [0.25, 0.3) is 5.91 Å². The van der Waals surface area contributed by atoms with Crippen LogP contribution in [-0.4, -0.2) is 23.5 Å². The van der Waals surface area contributed by atoms with Crippen LogP contribution in [0.3, 0.4) is 0 Å². The summed E-state index contributed by atoms with van der Waals surface area (Å²) in [5, 5.41) is 6.12. The van der Waals surface area contributed by atoms with Crippen LogP contribution in [0.25, 0.3) is 0 Å². The molecule has 0 unspecified atom stereocenters. The minimum Gasteiger partial charge on any atom is -0.462 e. The zero-order valence-electron chi connectivity index (χ0n) is 16.7. The standard InChI is InChI=1S/C23H23N3O3/c1-4-29-23(28)17-8-10-18(11-9-17)25-19-12-13-20(24-14-19)22(27)26-21-15(2)6-5-7-16(21)3/h5-14,25H,4H2,1-3H3,(H,26,27). The molecule has 0 spiro atoms. The molecule has 0 saturated heterocycles. The first-order valence-electron chi connectivity index (χ1n) is 9.35. The predicted molar refractivity (Wildman–Crippen MR) is 114 cm³/mol. The normalized spacial score (nSPS) is 10.3. The SMILES string of the molecule is CCOC(=O)c1ccc(Nc2ccc(C(=O)Nc3c(C)cccc3C)nc2)cc1. The zero-order chi connectivity index (χ0) is 20.8. The molecular formula is C23H23N3O3. The highest BCUT2D eigenvalue weighted by atomic mass is 16.5. The fraction of sp³-hybridized carbons (Fsp3) is 0.174. The number of ether oxygens (including phenoxy) is 1. The maximum absolute atomic E-state index is 12.5. The Balaban J connectivity index is 1.65. The maximum atomic E-state index is 12.5. The molecule has 1 heterocycles. The Hall–Kier alpha value is -3.67. The Morgan fingerprint density at radius 1 is 0.931 bits per heavy atom. The van der Waals surface area contributed by atoms with Crippen LogP contribution in [0, 0.1) is 13.8 Å². The van der Waals surface area contributed by atoms with Gasteiger partial charge in [0.15, 0.2) is 0 Å². The molecule has 3 rings (SSSR count). The van der Waals surface area contributed by atoms with Crippen molar-refractivity contribution in [2.45, 2.75) is 20.8 Å². The number of para-hydroxylation sites is 1. The van der Waals surface area contributed by atoms with Crippen molar-refractivity contribution < 1.29 is 14.3 Å². The zero-order valence-corrected chi connectivity index (χ0v) is 16.7. The first kappa shape index (κ1) is 20.1. The maximum Gasteiger partial charge on any atom is 0.338 e. The highest BCUT2D eigenvalue weighted by Crippen LogP contribution is 2.21. The number of nitrogens with one attached hydrogen (secondary N) is 2. The summed E-state index contributed by atoms with van der Waals surface area (Å²) < 4.78 is 4.97. The quantitative estimate of drug-likeness (QED) is 0.588. The fourth-order valence-electron chi connectivity index (χ4n) is 2.86. The molecule has 0 aliphatic heterocycles. The van der Waals surface area contributed by atoms with E-state index in [9.17, 15) is 9.59 Å².